The van der Waals surface area contributed by atoms with E-state index in [2.05, 4.69) is 15.3 Å². The summed E-state index contributed by atoms with van der Waals surface area (Å²) in [6.45, 7) is 1.88. The Labute approximate surface area is 92.7 Å². The molecule has 0 aliphatic rings. The van der Waals surface area contributed by atoms with E-state index in [4.69, 9.17) is 5.73 Å². The van der Waals surface area contributed by atoms with E-state index >= 15 is 0 Å². The molecule has 82 valence electrons. The zero-order chi connectivity index (χ0) is 11.5. The third-order valence-corrected chi connectivity index (χ3v) is 2.19. The van der Waals surface area contributed by atoms with Crippen molar-refractivity contribution in [2.75, 3.05) is 11.1 Å². The van der Waals surface area contributed by atoms with Gasteiger partial charge in [-0.3, -0.25) is 4.79 Å². The number of aryl methyl sites for hydroxylation is 1. The molecular formula is C11H12N4O. The molecule has 0 aliphatic heterocycles. The van der Waals surface area contributed by atoms with E-state index in [1.807, 2.05) is 19.1 Å². The molecule has 0 spiro atoms. The van der Waals surface area contributed by atoms with Crippen LogP contribution in [0.1, 0.15) is 16.1 Å². The fourth-order valence-electron chi connectivity index (χ4n) is 1.33. The number of carbonyl (C=O) groups excluding carboxylic acids is 1. The summed E-state index contributed by atoms with van der Waals surface area (Å²) in [5.74, 6) is 0.305. The van der Waals surface area contributed by atoms with Crippen LogP contribution in [0.3, 0.4) is 0 Å². The number of nitrogens with one attached hydrogen (secondary N) is 2. The minimum absolute atomic E-state index is 0.251. The number of hydrogen-bond donors (Lipinski definition) is 3. The van der Waals surface area contributed by atoms with Crippen molar-refractivity contribution in [1.29, 1.82) is 0 Å². The van der Waals surface area contributed by atoms with Gasteiger partial charge in [-0.25, -0.2) is 4.98 Å². The van der Waals surface area contributed by atoms with E-state index in [0.29, 0.717) is 17.2 Å². The number of pyridine rings is 1. The normalized spacial score (nSPS) is 10.1. The molecule has 0 radical (unpaired) electrons. The summed E-state index contributed by atoms with van der Waals surface area (Å²) in [5, 5.41) is 2.70. The lowest BCUT2D eigenvalue weighted by molar-refractivity contribution is 0.102. The second kappa shape index (κ2) is 4.06. The molecule has 2 aromatic heterocycles. The monoisotopic (exact) mass is 216 g/mol. The average molecular weight is 216 g/mol. The number of rotatable bonds is 2. The molecule has 2 rings (SSSR count). The van der Waals surface area contributed by atoms with Crippen LogP contribution in [-0.4, -0.2) is 15.9 Å². The third kappa shape index (κ3) is 2.03. The van der Waals surface area contributed by atoms with Gasteiger partial charge in [0.05, 0.1) is 0 Å². The Balaban J connectivity index is 2.17. The summed E-state index contributed by atoms with van der Waals surface area (Å²) < 4.78 is 0. The van der Waals surface area contributed by atoms with E-state index in [1.165, 1.54) is 0 Å². The minimum atomic E-state index is -0.251. The highest BCUT2D eigenvalue weighted by atomic mass is 16.1. The van der Waals surface area contributed by atoms with Crippen LogP contribution in [0.15, 0.2) is 30.6 Å². The number of nitrogen functional groups attached to an aromatic ring is 1. The van der Waals surface area contributed by atoms with Crippen molar-refractivity contribution in [3.8, 4) is 0 Å². The lowest BCUT2D eigenvalue weighted by Crippen LogP contribution is -2.14. The molecule has 0 fully saturated rings. The van der Waals surface area contributed by atoms with Crippen LogP contribution >= 0.6 is 0 Å². The fourth-order valence-corrected chi connectivity index (χ4v) is 1.33. The van der Waals surface area contributed by atoms with Gasteiger partial charge in [0, 0.05) is 18.1 Å². The Bertz CT molecular complexity index is 518. The quantitative estimate of drug-likeness (QED) is 0.712. The molecule has 0 aromatic carbocycles. The number of anilines is 2. The number of carbonyl (C=O) groups is 1. The first-order chi connectivity index (χ1) is 7.66. The molecule has 2 aromatic rings. The van der Waals surface area contributed by atoms with E-state index in [-0.39, 0.29) is 5.91 Å². The van der Waals surface area contributed by atoms with Crippen LogP contribution in [0.4, 0.5) is 11.5 Å². The minimum Gasteiger partial charge on any atom is -0.397 e. The van der Waals surface area contributed by atoms with Crippen molar-refractivity contribution in [3.63, 3.8) is 0 Å². The number of amides is 1. The summed E-state index contributed by atoms with van der Waals surface area (Å²) in [5.41, 5.74) is 7.37. The molecule has 4 N–H and O–H groups in total. The van der Waals surface area contributed by atoms with Crippen molar-refractivity contribution in [2.24, 2.45) is 0 Å². The molecular weight excluding hydrogens is 204 g/mol. The van der Waals surface area contributed by atoms with Crippen LogP contribution < -0.4 is 11.1 Å². The van der Waals surface area contributed by atoms with Gasteiger partial charge in [0.2, 0.25) is 0 Å². The SMILES string of the molecule is Cc1cccnc1NC(=O)c1cc(N)c[nH]1. The molecule has 0 aliphatic carbocycles. The predicted molar refractivity (Wildman–Crippen MR) is 62.1 cm³/mol. The Morgan fingerprint density at radius 1 is 1.56 bits per heavy atom. The highest BCUT2D eigenvalue weighted by molar-refractivity contribution is 6.03. The van der Waals surface area contributed by atoms with Crippen LogP contribution in [0, 0.1) is 6.92 Å². The second-order valence-corrected chi connectivity index (χ2v) is 3.47. The Morgan fingerprint density at radius 2 is 2.38 bits per heavy atom. The summed E-state index contributed by atoms with van der Waals surface area (Å²) in [7, 11) is 0. The number of H-pyrrole nitrogens is 1. The van der Waals surface area contributed by atoms with E-state index in [9.17, 15) is 4.79 Å². The van der Waals surface area contributed by atoms with Gasteiger partial charge in [-0.1, -0.05) is 6.07 Å². The maximum Gasteiger partial charge on any atom is 0.273 e. The van der Waals surface area contributed by atoms with Crippen molar-refractivity contribution in [3.05, 3.63) is 41.9 Å². The first kappa shape index (κ1) is 10.2. The molecule has 0 saturated heterocycles. The number of hydrogen-bond acceptors (Lipinski definition) is 3. The van der Waals surface area contributed by atoms with Gasteiger partial charge in [-0.15, -0.1) is 0 Å². The Morgan fingerprint density at radius 3 is 3.00 bits per heavy atom. The molecule has 0 atom stereocenters. The zero-order valence-corrected chi connectivity index (χ0v) is 8.82. The molecule has 2 heterocycles. The standard InChI is InChI=1S/C11H12N4O/c1-7-3-2-4-13-10(7)15-11(16)9-5-8(12)6-14-9/h2-6,14H,12H2,1H3,(H,13,15,16). The van der Waals surface area contributed by atoms with Gasteiger partial charge in [-0.2, -0.15) is 0 Å². The van der Waals surface area contributed by atoms with Gasteiger partial charge in [0.1, 0.15) is 11.5 Å². The number of aromatic nitrogens is 2. The highest BCUT2D eigenvalue weighted by Gasteiger charge is 2.09. The maximum atomic E-state index is 11.7. The number of aromatic amines is 1. The van der Waals surface area contributed by atoms with E-state index in [0.717, 1.165) is 5.56 Å². The van der Waals surface area contributed by atoms with Crippen LogP contribution in [-0.2, 0) is 0 Å². The predicted octanol–water partition coefficient (Wildman–Crippen LogP) is 1.55. The fraction of sp³-hybridized carbons (Fsp3) is 0.0909. The molecule has 16 heavy (non-hydrogen) atoms. The summed E-state index contributed by atoms with van der Waals surface area (Å²) >= 11 is 0. The molecule has 0 saturated carbocycles. The molecule has 5 nitrogen and oxygen atoms in total. The van der Waals surface area contributed by atoms with Crippen molar-refractivity contribution < 1.29 is 4.79 Å². The van der Waals surface area contributed by atoms with Crippen molar-refractivity contribution in [2.45, 2.75) is 6.92 Å². The summed E-state index contributed by atoms with van der Waals surface area (Å²) in [6.07, 6.45) is 3.20. The lowest BCUT2D eigenvalue weighted by atomic mass is 10.3. The van der Waals surface area contributed by atoms with Crippen LogP contribution in [0.2, 0.25) is 0 Å². The van der Waals surface area contributed by atoms with E-state index in [1.54, 1.807) is 18.5 Å². The Hall–Kier alpha value is -2.30. The second-order valence-electron chi connectivity index (χ2n) is 3.47. The van der Waals surface area contributed by atoms with Crippen molar-refractivity contribution in [1.82, 2.24) is 9.97 Å². The highest BCUT2D eigenvalue weighted by Crippen LogP contribution is 2.11. The summed E-state index contributed by atoms with van der Waals surface area (Å²) in [6, 6.07) is 5.27. The van der Waals surface area contributed by atoms with Gasteiger partial charge >= 0.3 is 0 Å². The van der Waals surface area contributed by atoms with Gasteiger partial charge in [-0.05, 0) is 24.6 Å². The van der Waals surface area contributed by atoms with Crippen molar-refractivity contribution >= 4 is 17.4 Å². The van der Waals surface area contributed by atoms with E-state index < -0.39 is 0 Å². The summed E-state index contributed by atoms with van der Waals surface area (Å²) in [4.78, 5) is 18.6. The van der Waals surface area contributed by atoms with Gasteiger partial charge < -0.3 is 16.0 Å². The molecule has 5 heteroatoms. The maximum absolute atomic E-state index is 11.7. The topological polar surface area (TPSA) is 83.8 Å². The number of nitrogens with two attached hydrogens (primary N) is 1. The third-order valence-electron chi connectivity index (χ3n) is 2.19. The average Bonchev–Trinajstić information content (AvgIpc) is 2.68. The molecule has 1 amide bonds. The Kier molecular flexibility index (Phi) is 2.59. The first-order valence-electron chi connectivity index (χ1n) is 4.83. The lowest BCUT2D eigenvalue weighted by Gasteiger charge is -2.05. The van der Waals surface area contributed by atoms with Crippen LogP contribution in [0.5, 0.6) is 0 Å². The smallest absolute Gasteiger partial charge is 0.273 e. The molecule has 0 bridgehead atoms. The first-order valence-corrected chi connectivity index (χ1v) is 4.83. The molecule has 0 unspecified atom stereocenters. The largest absolute Gasteiger partial charge is 0.397 e. The number of nitrogens with zero attached hydrogens (tertiary/aromatic N) is 1. The van der Waals surface area contributed by atoms with Gasteiger partial charge in [0.15, 0.2) is 0 Å². The zero-order valence-electron chi connectivity index (χ0n) is 8.82. The van der Waals surface area contributed by atoms with Crippen LogP contribution in [0.25, 0.3) is 0 Å². The van der Waals surface area contributed by atoms with Gasteiger partial charge in [0.25, 0.3) is 5.91 Å².